The Morgan fingerprint density at radius 3 is 2.89 bits per heavy atom. The Bertz CT molecular complexity index is 973. The zero-order chi connectivity index (χ0) is 19.5. The molecule has 1 aliphatic heterocycles. The van der Waals surface area contributed by atoms with E-state index in [4.69, 9.17) is 4.74 Å². The van der Waals surface area contributed by atoms with Crippen LogP contribution in [0.4, 0.5) is 4.39 Å². The Kier molecular flexibility index (Phi) is 5.01. The van der Waals surface area contributed by atoms with Crippen LogP contribution in [0.2, 0.25) is 0 Å². The van der Waals surface area contributed by atoms with E-state index >= 15 is 0 Å². The van der Waals surface area contributed by atoms with E-state index < -0.39 is 0 Å². The van der Waals surface area contributed by atoms with E-state index in [0.717, 1.165) is 6.42 Å². The van der Waals surface area contributed by atoms with Gasteiger partial charge in [-0.2, -0.15) is 5.10 Å². The van der Waals surface area contributed by atoms with Gasteiger partial charge < -0.3 is 9.64 Å². The Morgan fingerprint density at radius 1 is 1.29 bits per heavy atom. The van der Waals surface area contributed by atoms with Crippen molar-refractivity contribution in [1.82, 2.24) is 24.9 Å². The van der Waals surface area contributed by atoms with Crippen LogP contribution in [0.1, 0.15) is 16.8 Å². The van der Waals surface area contributed by atoms with E-state index in [1.54, 1.807) is 48.4 Å². The number of carbonyl (C=O) groups excluding carboxylic acids is 1. The fourth-order valence-electron chi connectivity index (χ4n) is 3.27. The molecular weight excluding hydrogens is 361 g/mol. The number of ether oxygens (including phenoxy) is 1. The van der Waals surface area contributed by atoms with E-state index in [9.17, 15) is 9.18 Å². The summed E-state index contributed by atoms with van der Waals surface area (Å²) >= 11 is 0. The maximum atomic E-state index is 13.3. The van der Waals surface area contributed by atoms with Crippen molar-refractivity contribution >= 4 is 5.91 Å². The van der Waals surface area contributed by atoms with Crippen LogP contribution >= 0.6 is 0 Å². The first-order valence-electron chi connectivity index (χ1n) is 9.09. The number of carbonyl (C=O) groups is 1. The topological polar surface area (TPSA) is 73.1 Å². The molecule has 4 rings (SSSR count). The van der Waals surface area contributed by atoms with Crippen molar-refractivity contribution in [2.24, 2.45) is 13.0 Å². The molecule has 1 aromatic carbocycles. The number of hydrogen-bond donors (Lipinski definition) is 0. The lowest BCUT2D eigenvalue weighted by molar-refractivity contribution is 0.0782. The molecule has 1 atom stereocenters. The van der Waals surface area contributed by atoms with E-state index in [2.05, 4.69) is 15.3 Å². The molecule has 1 saturated heterocycles. The molecule has 1 amide bonds. The molecule has 0 radical (unpaired) electrons. The third-order valence-corrected chi connectivity index (χ3v) is 4.75. The minimum Gasteiger partial charge on any atom is -0.476 e. The molecule has 1 aliphatic rings. The van der Waals surface area contributed by atoms with Gasteiger partial charge in [0.15, 0.2) is 0 Å². The standard InChI is InChI=1S/C20H20FN5O2/c1-25-12-16(10-22-25)20(27)26-8-7-14(11-26)13-28-19-6-5-18(23-24-19)15-3-2-4-17(21)9-15/h2-6,9-10,12,14H,7-8,11,13H2,1H3. The summed E-state index contributed by atoms with van der Waals surface area (Å²) in [7, 11) is 1.79. The number of aryl methyl sites for hydroxylation is 1. The van der Waals surface area contributed by atoms with Crippen LogP contribution in [0.5, 0.6) is 5.88 Å². The average Bonchev–Trinajstić information content (AvgIpc) is 3.35. The number of nitrogens with zero attached hydrogens (tertiary/aromatic N) is 5. The predicted octanol–water partition coefficient (Wildman–Crippen LogP) is 2.56. The van der Waals surface area contributed by atoms with Gasteiger partial charge in [0.1, 0.15) is 5.82 Å². The van der Waals surface area contributed by atoms with Crippen molar-refractivity contribution in [3.8, 4) is 17.1 Å². The largest absolute Gasteiger partial charge is 0.476 e. The molecular formula is C20H20FN5O2. The van der Waals surface area contributed by atoms with Crippen LogP contribution in [-0.4, -0.2) is 50.5 Å². The van der Waals surface area contributed by atoms with E-state index in [1.165, 1.54) is 12.1 Å². The normalized spacial score (nSPS) is 16.4. The highest BCUT2D eigenvalue weighted by molar-refractivity contribution is 5.93. The van der Waals surface area contributed by atoms with Crippen molar-refractivity contribution < 1.29 is 13.9 Å². The highest BCUT2D eigenvalue weighted by Crippen LogP contribution is 2.21. The summed E-state index contributed by atoms with van der Waals surface area (Å²) in [4.78, 5) is 14.3. The van der Waals surface area contributed by atoms with E-state index in [1.807, 2.05) is 4.90 Å². The number of rotatable bonds is 5. The van der Waals surface area contributed by atoms with Crippen LogP contribution < -0.4 is 4.74 Å². The van der Waals surface area contributed by atoms with Crippen LogP contribution in [-0.2, 0) is 7.05 Å². The molecule has 0 spiro atoms. The SMILES string of the molecule is Cn1cc(C(=O)N2CCC(COc3ccc(-c4cccc(F)c4)nn3)C2)cn1. The van der Waals surface area contributed by atoms with Crippen molar-refractivity contribution in [3.63, 3.8) is 0 Å². The maximum Gasteiger partial charge on any atom is 0.257 e. The summed E-state index contributed by atoms with van der Waals surface area (Å²) in [5.74, 6) is 0.337. The zero-order valence-corrected chi connectivity index (χ0v) is 15.5. The van der Waals surface area contributed by atoms with Gasteiger partial charge in [0, 0.05) is 43.9 Å². The van der Waals surface area contributed by atoms with Gasteiger partial charge in [-0.3, -0.25) is 9.48 Å². The third-order valence-electron chi connectivity index (χ3n) is 4.75. The first-order chi connectivity index (χ1) is 13.6. The van der Waals surface area contributed by atoms with Gasteiger partial charge >= 0.3 is 0 Å². The lowest BCUT2D eigenvalue weighted by Gasteiger charge is -2.15. The van der Waals surface area contributed by atoms with Gasteiger partial charge in [0.2, 0.25) is 5.88 Å². The van der Waals surface area contributed by atoms with Crippen molar-refractivity contribution in [3.05, 3.63) is 60.2 Å². The zero-order valence-electron chi connectivity index (χ0n) is 15.5. The van der Waals surface area contributed by atoms with Gasteiger partial charge in [0.25, 0.3) is 5.91 Å². The van der Waals surface area contributed by atoms with Crippen molar-refractivity contribution in [1.29, 1.82) is 0 Å². The fourth-order valence-corrected chi connectivity index (χ4v) is 3.27. The lowest BCUT2D eigenvalue weighted by Crippen LogP contribution is -2.29. The maximum absolute atomic E-state index is 13.3. The average molecular weight is 381 g/mol. The molecule has 144 valence electrons. The van der Waals surface area contributed by atoms with Crippen LogP contribution in [0.25, 0.3) is 11.3 Å². The molecule has 0 saturated carbocycles. The van der Waals surface area contributed by atoms with Gasteiger partial charge in [-0.25, -0.2) is 4.39 Å². The summed E-state index contributed by atoms with van der Waals surface area (Å²) in [5.41, 5.74) is 1.85. The molecule has 8 heteroatoms. The van der Waals surface area contributed by atoms with Gasteiger partial charge in [0.05, 0.1) is 24.1 Å². The van der Waals surface area contributed by atoms with Gasteiger partial charge in [-0.1, -0.05) is 12.1 Å². The molecule has 0 bridgehead atoms. The molecule has 2 aromatic heterocycles. The molecule has 1 unspecified atom stereocenters. The summed E-state index contributed by atoms with van der Waals surface area (Å²) in [6, 6.07) is 9.69. The summed E-state index contributed by atoms with van der Waals surface area (Å²) < 4.78 is 20.7. The van der Waals surface area contributed by atoms with Gasteiger partial charge in [-0.15, -0.1) is 10.2 Å². The Balaban J connectivity index is 1.31. The second-order valence-corrected chi connectivity index (χ2v) is 6.89. The molecule has 3 aromatic rings. The minimum atomic E-state index is -0.314. The number of halogens is 1. The lowest BCUT2D eigenvalue weighted by atomic mass is 10.1. The molecule has 0 aliphatic carbocycles. The second-order valence-electron chi connectivity index (χ2n) is 6.89. The monoisotopic (exact) mass is 381 g/mol. The first kappa shape index (κ1) is 18.1. The predicted molar refractivity (Wildman–Crippen MR) is 100 cm³/mol. The number of aromatic nitrogens is 4. The van der Waals surface area contributed by atoms with Crippen molar-refractivity contribution in [2.75, 3.05) is 19.7 Å². The smallest absolute Gasteiger partial charge is 0.257 e. The number of hydrogen-bond acceptors (Lipinski definition) is 5. The fraction of sp³-hybridized carbons (Fsp3) is 0.300. The van der Waals surface area contributed by atoms with Crippen molar-refractivity contribution in [2.45, 2.75) is 6.42 Å². The van der Waals surface area contributed by atoms with E-state index in [-0.39, 0.29) is 17.6 Å². The Morgan fingerprint density at radius 2 is 2.18 bits per heavy atom. The summed E-state index contributed by atoms with van der Waals surface area (Å²) in [6.45, 7) is 1.80. The third kappa shape index (κ3) is 4.00. The van der Waals surface area contributed by atoms with Gasteiger partial charge in [-0.05, 0) is 24.6 Å². The molecule has 0 N–H and O–H groups in total. The highest BCUT2D eigenvalue weighted by Gasteiger charge is 2.28. The molecule has 7 nitrogen and oxygen atoms in total. The summed E-state index contributed by atoms with van der Waals surface area (Å²) in [5, 5.41) is 12.2. The Hall–Kier alpha value is -3.29. The number of amides is 1. The van der Waals surface area contributed by atoms with Crippen LogP contribution in [0.15, 0.2) is 48.8 Å². The van der Waals surface area contributed by atoms with Crippen LogP contribution in [0, 0.1) is 11.7 Å². The van der Waals surface area contributed by atoms with E-state index in [0.29, 0.717) is 42.4 Å². The minimum absolute atomic E-state index is 0.00478. The summed E-state index contributed by atoms with van der Waals surface area (Å²) in [6.07, 6.45) is 4.19. The molecule has 28 heavy (non-hydrogen) atoms. The Labute approximate surface area is 161 Å². The van der Waals surface area contributed by atoms with Crippen LogP contribution in [0.3, 0.4) is 0 Å². The number of benzene rings is 1. The molecule has 3 heterocycles. The highest BCUT2D eigenvalue weighted by atomic mass is 19.1. The quantitative estimate of drug-likeness (QED) is 0.679. The second kappa shape index (κ2) is 7.75. The molecule has 1 fully saturated rings. The number of likely N-dealkylation sites (tertiary alicyclic amines) is 1. The first-order valence-corrected chi connectivity index (χ1v) is 9.09.